The predicted molar refractivity (Wildman–Crippen MR) is 120 cm³/mol. The fourth-order valence-corrected chi connectivity index (χ4v) is 5.77. The van der Waals surface area contributed by atoms with Crippen molar-refractivity contribution in [1.29, 1.82) is 0 Å². The van der Waals surface area contributed by atoms with Gasteiger partial charge < -0.3 is 19.1 Å². The quantitative estimate of drug-likeness (QED) is 0.550. The fraction of sp³-hybridized carbons (Fsp3) is 0.333. The van der Waals surface area contributed by atoms with Crippen molar-refractivity contribution in [3.8, 4) is 11.5 Å². The Balaban J connectivity index is 1.33. The van der Waals surface area contributed by atoms with Crippen molar-refractivity contribution in [1.82, 2.24) is 14.2 Å². The lowest BCUT2D eigenvalue weighted by Crippen LogP contribution is -2.43. The first-order valence-electron chi connectivity index (χ1n) is 10.3. The third kappa shape index (κ3) is 4.47. The Kier molecular flexibility index (Phi) is 5.83. The smallest absolute Gasteiger partial charge is 0.308 e. The number of nitrogens with one attached hydrogen (secondary N) is 1. The molecule has 12 heteroatoms. The van der Waals surface area contributed by atoms with Crippen LogP contribution in [-0.4, -0.2) is 56.9 Å². The van der Waals surface area contributed by atoms with E-state index in [1.165, 1.54) is 16.7 Å². The van der Waals surface area contributed by atoms with E-state index in [0.717, 1.165) is 16.9 Å². The molecule has 2 aromatic carbocycles. The highest BCUT2D eigenvalue weighted by Gasteiger charge is 2.21. The van der Waals surface area contributed by atoms with Crippen LogP contribution in [0.5, 0.6) is 11.5 Å². The fourth-order valence-electron chi connectivity index (χ4n) is 3.72. The van der Waals surface area contributed by atoms with Crippen LogP contribution >= 0.6 is 11.3 Å². The molecular formula is C21H21N3O7S2. The van der Waals surface area contributed by atoms with E-state index >= 15 is 0 Å². The highest BCUT2D eigenvalue weighted by atomic mass is 32.2. The third-order valence-corrected chi connectivity index (χ3v) is 7.85. The van der Waals surface area contributed by atoms with Crippen LogP contribution in [0.4, 0.5) is 0 Å². The number of hydrogen-bond acceptors (Lipinski definition) is 8. The van der Waals surface area contributed by atoms with Gasteiger partial charge in [-0.3, -0.25) is 14.2 Å². The monoisotopic (exact) mass is 491 g/mol. The number of carbonyl (C=O) groups is 1. The summed E-state index contributed by atoms with van der Waals surface area (Å²) in [6.45, 7) is 2.07. The van der Waals surface area contributed by atoms with Crippen molar-refractivity contribution in [3.63, 3.8) is 0 Å². The number of thiazole rings is 1. The number of fused-ring (bicyclic) bond motifs is 2. The number of carbonyl (C=O) groups excluding carboxylic acids is 1. The molecule has 2 aliphatic heterocycles. The molecule has 10 nitrogen and oxygen atoms in total. The number of hydrogen-bond donors (Lipinski definition) is 1. The van der Waals surface area contributed by atoms with E-state index in [4.69, 9.17) is 14.2 Å². The van der Waals surface area contributed by atoms with Gasteiger partial charge in [0.2, 0.25) is 22.7 Å². The minimum Gasteiger partial charge on any atom is -0.454 e. The molecule has 1 saturated heterocycles. The second-order valence-electron chi connectivity index (χ2n) is 7.59. The van der Waals surface area contributed by atoms with Gasteiger partial charge in [-0.25, -0.2) is 13.1 Å². The van der Waals surface area contributed by atoms with Gasteiger partial charge in [-0.1, -0.05) is 17.4 Å². The summed E-state index contributed by atoms with van der Waals surface area (Å²) in [6, 6.07) is 9.68. The molecule has 0 unspecified atom stereocenters. The summed E-state index contributed by atoms with van der Waals surface area (Å²) in [5.41, 5.74) is 1.25. The van der Waals surface area contributed by atoms with Crippen molar-refractivity contribution in [3.05, 3.63) is 51.6 Å². The van der Waals surface area contributed by atoms with E-state index in [1.54, 1.807) is 29.2 Å². The molecule has 33 heavy (non-hydrogen) atoms. The number of ether oxygens (including phenoxy) is 3. The van der Waals surface area contributed by atoms with Crippen molar-refractivity contribution in [2.24, 2.45) is 0 Å². The Labute approximate surface area is 193 Å². The van der Waals surface area contributed by atoms with E-state index in [2.05, 4.69) is 4.72 Å². The van der Waals surface area contributed by atoms with Crippen molar-refractivity contribution >= 4 is 37.5 Å². The molecule has 1 N–H and O–H groups in total. The third-order valence-electron chi connectivity index (χ3n) is 5.51. The first kappa shape index (κ1) is 21.9. The van der Waals surface area contributed by atoms with Gasteiger partial charge in [0.1, 0.15) is 6.54 Å². The lowest BCUT2D eigenvalue weighted by Gasteiger charge is -2.26. The summed E-state index contributed by atoms with van der Waals surface area (Å²) < 4.78 is 46.0. The summed E-state index contributed by atoms with van der Waals surface area (Å²) in [6.07, 6.45) is 0. The zero-order valence-electron chi connectivity index (χ0n) is 17.5. The van der Waals surface area contributed by atoms with Crippen molar-refractivity contribution in [2.45, 2.75) is 18.0 Å². The molecule has 1 aromatic heterocycles. The number of sulfonamides is 1. The standard InChI is InChI=1S/C21H21N3O7S2/c25-20(23-5-7-29-8-6-23)12-24-16-3-2-15(10-19(16)32-21(24)26)33(27,28)22-11-14-1-4-17-18(9-14)31-13-30-17/h1-4,9-10,22H,5-8,11-13H2. The van der Waals surface area contributed by atoms with Crippen molar-refractivity contribution in [2.75, 3.05) is 33.1 Å². The number of morpholine rings is 1. The van der Waals surface area contributed by atoms with E-state index < -0.39 is 10.0 Å². The summed E-state index contributed by atoms with van der Waals surface area (Å²) in [5, 5.41) is 0. The molecule has 3 heterocycles. The van der Waals surface area contributed by atoms with E-state index in [0.29, 0.717) is 48.0 Å². The highest BCUT2D eigenvalue weighted by Crippen LogP contribution is 2.32. The summed E-state index contributed by atoms with van der Waals surface area (Å²) in [7, 11) is -3.82. The first-order chi connectivity index (χ1) is 15.9. The Bertz CT molecular complexity index is 1370. The average Bonchev–Trinajstić information content (AvgIpc) is 3.41. The van der Waals surface area contributed by atoms with E-state index in [-0.39, 0.29) is 35.6 Å². The van der Waals surface area contributed by atoms with Crippen LogP contribution in [0.2, 0.25) is 0 Å². The Morgan fingerprint density at radius 3 is 2.67 bits per heavy atom. The zero-order valence-corrected chi connectivity index (χ0v) is 19.1. The summed E-state index contributed by atoms with van der Waals surface area (Å²) in [5.74, 6) is 1.03. The highest BCUT2D eigenvalue weighted by molar-refractivity contribution is 7.89. The van der Waals surface area contributed by atoms with Gasteiger partial charge in [0.15, 0.2) is 11.5 Å². The number of aromatic nitrogens is 1. The van der Waals surface area contributed by atoms with Gasteiger partial charge in [-0.2, -0.15) is 0 Å². The SMILES string of the molecule is O=C(Cn1c(=O)sc2cc(S(=O)(=O)NCc3ccc4c(c3)OCO4)ccc21)N1CCOCC1. The molecule has 3 aromatic rings. The van der Waals surface area contributed by atoms with Crippen LogP contribution in [0, 0.1) is 0 Å². The largest absolute Gasteiger partial charge is 0.454 e. The number of rotatable bonds is 6. The summed E-state index contributed by atoms with van der Waals surface area (Å²) >= 11 is 0.915. The molecule has 0 atom stereocenters. The maximum absolute atomic E-state index is 12.8. The minimum atomic E-state index is -3.82. The molecule has 0 aliphatic carbocycles. The first-order valence-corrected chi connectivity index (χ1v) is 12.6. The van der Waals surface area contributed by atoms with Gasteiger partial charge in [-0.05, 0) is 35.9 Å². The molecule has 5 rings (SSSR count). The Hall–Kier alpha value is -2.93. The zero-order chi connectivity index (χ0) is 23.0. The van der Waals surface area contributed by atoms with Crippen LogP contribution in [0.15, 0.2) is 46.1 Å². The van der Waals surface area contributed by atoms with Gasteiger partial charge in [0, 0.05) is 19.6 Å². The maximum atomic E-state index is 12.8. The van der Waals surface area contributed by atoms with Crippen LogP contribution in [0.3, 0.4) is 0 Å². The van der Waals surface area contributed by atoms with E-state index in [9.17, 15) is 18.0 Å². The molecule has 174 valence electrons. The second-order valence-corrected chi connectivity index (χ2v) is 10.3. The van der Waals surface area contributed by atoms with Crippen molar-refractivity contribution < 1.29 is 27.4 Å². The lowest BCUT2D eigenvalue weighted by atomic mass is 10.2. The topological polar surface area (TPSA) is 116 Å². The van der Waals surface area contributed by atoms with Crippen LogP contribution in [-0.2, 0) is 32.6 Å². The van der Waals surface area contributed by atoms with E-state index in [1.807, 2.05) is 0 Å². The Morgan fingerprint density at radius 2 is 1.85 bits per heavy atom. The number of benzene rings is 2. The Morgan fingerprint density at radius 1 is 1.06 bits per heavy atom. The molecule has 0 radical (unpaired) electrons. The number of amides is 1. The van der Waals surface area contributed by atoms with Gasteiger partial charge >= 0.3 is 4.87 Å². The van der Waals surface area contributed by atoms with Gasteiger partial charge in [0.05, 0.1) is 28.3 Å². The normalized spacial score (nSPS) is 15.8. The lowest BCUT2D eigenvalue weighted by molar-refractivity contribution is -0.135. The van der Waals surface area contributed by atoms with Gasteiger partial charge in [-0.15, -0.1) is 0 Å². The molecule has 1 amide bonds. The molecule has 1 fully saturated rings. The molecular weight excluding hydrogens is 470 g/mol. The van der Waals surface area contributed by atoms with Crippen LogP contribution < -0.4 is 19.1 Å². The minimum absolute atomic E-state index is 0.0450. The maximum Gasteiger partial charge on any atom is 0.308 e. The molecule has 0 bridgehead atoms. The molecule has 0 saturated carbocycles. The van der Waals surface area contributed by atoms with Gasteiger partial charge in [0.25, 0.3) is 0 Å². The van der Waals surface area contributed by atoms with Crippen LogP contribution in [0.1, 0.15) is 5.56 Å². The number of nitrogens with zero attached hydrogens (tertiary/aromatic N) is 2. The second kappa shape index (κ2) is 8.78. The molecule has 0 spiro atoms. The van der Waals surface area contributed by atoms with Crippen LogP contribution in [0.25, 0.3) is 10.2 Å². The average molecular weight is 492 g/mol. The predicted octanol–water partition coefficient (Wildman–Crippen LogP) is 1.13. The molecule has 2 aliphatic rings. The summed E-state index contributed by atoms with van der Waals surface area (Å²) in [4.78, 5) is 26.5.